The van der Waals surface area contributed by atoms with Gasteiger partial charge in [-0.05, 0) is 71.8 Å². The fourth-order valence-electron chi connectivity index (χ4n) is 3.78. The van der Waals surface area contributed by atoms with Gasteiger partial charge in [0.15, 0.2) is 11.4 Å². The summed E-state index contributed by atoms with van der Waals surface area (Å²) in [5.74, 6) is 1.43. The molecule has 0 aliphatic rings. The summed E-state index contributed by atoms with van der Waals surface area (Å²) in [6, 6.07) is 31.0. The molecule has 5 rings (SSSR count). The molecule has 2 aromatic heterocycles. The van der Waals surface area contributed by atoms with Gasteiger partial charge in [-0.3, -0.25) is 4.79 Å². The molecule has 3 aromatic carbocycles. The Morgan fingerprint density at radius 2 is 1.66 bits per heavy atom. The van der Waals surface area contributed by atoms with Crippen molar-refractivity contribution < 1.29 is 9.53 Å². The Balaban J connectivity index is 1.42. The van der Waals surface area contributed by atoms with Crippen LogP contribution in [0.15, 0.2) is 109 Å². The van der Waals surface area contributed by atoms with Crippen LogP contribution in [0.5, 0.6) is 5.75 Å². The zero-order valence-electron chi connectivity index (χ0n) is 19.2. The maximum Gasteiger partial charge on any atom is 0.185 e. The van der Waals surface area contributed by atoms with E-state index in [-0.39, 0.29) is 5.78 Å². The van der Waals surface area contributed by atoms with Gasteiger partial charge < -0.3 is 10.1 Å². The van der Waals surface area contributed by atoms with Crippen LogP contribution in [0.2, 0.25) is 0 Å². The van der Waals surface area contributed by atoms with E-state index >= 15 is 0 Å². The standard InChI is InChI=1S/C30H23N3O2/c1-35-26-16-12-22(13-17-26)27-20-24-8-5-19-31-29(24)33-30(27)32-25-14-10-23(11-15-25)28(34)18-9-21-6-3-2-4-7-21/h2-20H,1H3,(H,31,32,33)/b18-9+. The van der Waals surface area contributed by atoms with Crippen molar-refractivity contribution in [3.05, 3.63) is 120 Å². The molecule has 0 aliphatic carbocycles. The maximum absolute atomic E-state index is 12.6. The van der Waals surface area contributed by atoms with Gasteiger partial charge in [-0.15, -0.1) is 0 Å². The summed E-state index contributed by atoms with van der Waals surface area (Å²) in [6.07, 6.45) is 5.15. The smallest absolute Gasteiger partial charge is 0.185 e. The van der Waals surface area contributed by atoms with Gasteiger partial charge in [-0.2, -0.15) is 0 Å². The Morgan fingerprint density at radius 3 is 2.40 bits per heavy atom. The van der Waals surface area contributed by atoms with Crippen molar-refractivity contribution in [2.24, 2.45) is 0 Å². The first kappa shape index (κ1) is 22.0. The molecule has 0 bridgehead atoms. The number of allylic oxidation sites excluding steroid dienone is 1. The number of benzene rings is 3. The van der Waals surface area contributed by atoms with Crippen LogP contribution in [0.1, 0.15) is 15.9 Å². The van der Waals surface area contributed by atoms with Crippen LogP contribution in [0, 0.1) is 0 Å². The third-order valence-electron chi connectivity index (χ3n) is 5.65. The molecule has 0 saturated carbocycles. The third kappa shape index (κ3) is 5.09. The number of fused-ring (bicyclic) bond motifs is 1. The monoisotopic (exact) mass is 457 g/mol. The highest BCUT2D eigenvalue weighted by atomic mass is 16.5. The van der Waals surface area contributed by atoms with Crippen molar-refractivity contribution in [2.45, 2.75) is 0 Å². The number of aromatic nitrogens is 2. The lowest BCUT2D eigenvalue weighted by molar-refractivity contribution is 0.104. The zero-order chi connectivity index (χ0) is 24.0. The average Bonchev–Trinajstić information content (AvgIpc) is 2.92. The van der Waals surface area contributed by atoms with Crippen LogP contribution in [0.25, 0.3) is 28.2 Å². The molecular formula is C30H23N3O2. The van der Waals surface area contributed by atoms with Gasteiger partial charge in [0.05, 0.1) is 7.11 Å². The predicted octanol–water partition coefficient (Wildman–Crippen LogP) is 6.95. The second kappa shape index (κ2) is 10.0. The van der Waals surface area contributed by atoms with Gasteiger partial charge in [0.25, 0.3) is 0 Å². The highest BCUT2D eigenvalue weighted by Gasteiger charge is 2.11. The molecule has 1 N–H and O–H groups in total. The molecule has 170 valence electrons. The van der Waals surface area contributed by atoms with E-state index < -0.39 is 0 Å². The molecule has 5 aromatic rings. The van der Waals surface area contributed by atoms with E-state index in [1.807, 2.05) is 97.1 Å². The number of methoxy groups -OCH3 is 1. The molecule has 35 heavy (non-hydrogen) atoms. The lowest BCUT2D eigenvalue weighted by Crippen LogP contribution is -2.00. The maximum atomic E-state index is 12.6. The van der Waals surface area contributed by atoms with Crippen molar-refractivity contribution in [2.75, 3.05) is 12.4 Å². The summed E-state index contributed by atoms with van der Waals surface area (Å²) < 4.78 is 5.30. The number of nitrogens with one attached hydrogen (secondary N) is 1. The average molecular weight is 458 g/mol. The largest absolute Gasteiger partial charge is 0.497 e. The summed E-state index contributed by atoms with van der Waals surface area (Å²) in [6.45, 7) is 0. The topological polar surface area (TPSA) is 64.1 Å². The molecule has 0 unspecified atom stereocenters. The van der Waals surface area contributed by atoms with Gasteiger partial charge in [0, 0.05) is 28.4 Å². The zero-order valence-corrected chi connectivity index (χ0v) is 19.2. The first-order valence-electron chi connectivity index (χ1n) is 11.2. The van der Waals surface area contributed by atoms with Gasteiger partial charge >= 0.3 is 0 Å². The number of anilines is 2. The number of rotatable bonds is 7. The van der Waals surface area contributed by atoms with Crippen LogP contribution >= 0.6 is 0 Å². The van der Waals surface area contributed by atoms with E-state index in [9.17, 15) is 4.79 Å². The first-order valence-corrected chi connectivity index (χ1v) is 11.2. The lowest BCUT2D eigenvalue weighted by Gasteiger charge is -2.13. The highest BCUT2D eigenvalue weighted by Crippen LogP contribution is 2.32. The molecule has 0 fully saturated rings. The molecule has 5 heteroatoms. The fourth-order valence-corrected chi connectivity index (χ4v) is 3.78. The van der Waals surface area contributed by atoms with Gasteiger partial charge in [-0.1, -0.05) is 48.5 Å². The van der Waals surface area contributed by atoms with Gasteiger partial charge in [0.1, 0.15) is 11.6 Å². The second-order valence-corrected chi connectivity index (χ2v) is 7.97. The van der Waals surface area contributed by atoms with Crippen molar-refractivity contribution in [1.29, 1.82) is 0 Å². The molecule has 5 nitrogen and oxygen atoms in total. The van der Waals surface area contributed by atoms with E-state index in [1.165, 1.54) is 0 Å². The SMILES string of the molecule is COc1ccc(-c2cc3cccnc3nc2Nc2ccc(C(=O)/C=C/c3ccccc3)cc2)cc1. The highest BCUT2D eigenvalue weighted by molar-refractivity contribution is 6.07. The number of carbonyl (C=O) groups is 1. The lowest BCUT2D eigenvalue weighted by atomic mass is 10.0. The summed E-state index contributed by atoms with van der Waals surface area (Å²) in [7, 11) is 1.65. The summed E-state index contributed by atoms with van der Waals surface area (Å²) in [4.78, 5) is 21.8. The van der Waals surface area contributed by atoms with Crippen molar-refractivity contribution in [3.8, 4) is 16.9 Å². The van der Waals surface area contributed by atoms with Gasteiger partial charge in [0.2, 0.25) is 0 Å². The number of carbonyl (C=O) groups excluding carboxylic acids is 1. The Morgan fingerprint density at radius 1 is 0.886 bits per heavy atom. The van der Waals surface area contributed by atoms with Crippen molar-refractivity contribution in [3.63, 3.8) is 0 Å². The van der Waals surface area contributed by atoms with E-state index in [0.717, 1.165) is 33.5 Å². The number of hydrogen-bond donors (Lipinski definition) is 1. The van der Waals surface area contributed by atoms with Gasteiger partial charge in [-0.25, -0.2) is 9.97 Å². The van der Waals surface area contributed by atoms with E-state index in [0.29, 0.717) is 17.0 Å². The number of ether oxygens (including phenoxy) is 1. The van der Waals surface area contributed by atoms with E-state index in [2.05, 4.69) is 16.4 Å². The quantitative estimate of drug-likeness (QED) is 0.212. The summed E-state index contributed by atoms with van der Waals surface area (Å²) >= 11 is 0. The van der Waals surface area contributed by atoms with Crippen LogP contribution in [-0.4, -0.2) is 22.9 Å². The van der Waals surface area contributed by atoms with Crippen molar-refractivity contribution in [1.82, 2.24) is 9.97 Å². The van der Waals surface area contributed by atoms with E-state index in [1.54, 1.807) is 19.4 Å². The third-order valence-corrected chi connectivity index (χ3v) is 5.65. The number of nitrogens with zero attached hydrogens (tertiary/aromatic N) is 2. The molecule has 0 saturated heterocycles. The Labute approximate surface area is 203 Å². The Bertz CT molecular complexity index is 1490. The van der Waals surface area contributed by atoms with Crippen LogP contribution in [-0.2, 0) is 0 Å². The molecule has 0 amide bonds. The summed E-state index contributed by atoms with van der Waals surface area (Å²) in [5.41, 5.74) is 5.03. The predicted molar refractivity (Wildman–Crippen MR) is 141 cm³/mol. The first-order chi connectivity index (χ1) is 17.2. The molecule has 0 aliphatic heterocycles. The minimum atomic E-state index is -0.0487. The molecule has 0 radical (unpaired) electrons. The minimum Gasteiger partial charge on any atom is -0.497 e. The van der Waals surface area contributed by atoms with Crippen LogP contribution in [0.3, 0.4) is 0 Å². The molecule has 2 heterocycles. The van der Waals surface area contributed by atoms with Crippen molar-refractivity contribution >= 4 is 34.4 Å². The Hall–Kier alpha value is -4.77. The fraction of sp³-hybridized carbons (Fsp3) is 0.0333. The minimum absolute atomic E-state index is 0.0487. The van der Waals surface area contributed by atoms with Crippen LogP contribution < -0.4 is 10.1 Å². The molecular weight excluding hydrogens is 434 g/mol. The number of pyridine rings is 2. The molecule has 0 spiro atoms. The van der Waals surface area contributed by atoms with E-state index in [4.69, 9.17) is 9.72 Å². The number of hydrogen-bond acceptors (Lipinski definition) is 5. The Kier molecular flexibility index (Phi) is 6.31. The molecule has 0 atom stereocenters. The normalized spacial score (nSPS) is 11.0. The van der Waals surface area contributed by atoms with Crippen LogP contribution in [0.4, 0.5) is 11.5 Å². The summed E-state index contributed by atoms with van der Waals surface area (Å²) in [5, 5.41) is 4.36. The number of ketones is 1. The second-order valence-electron chi connectivity index (χ2n) is 7.97.